The van der Waals surface area contributed by atoms with Gasteiger partial charge in [0.05, 0.1) is 30.5 Å². The standard InChI is InChI=1S/C26H23N3O5S/c1-4-34-26(32)22-16(2)20(25(31)33-3)24(35-22)27-23(30)19-15-29(18-13-9-6-10-14-18)28-21(19)17-11-7-5-8-12-17/h5-15H,4H2,1-3H3,(H,27,30). The first-order valence-electron chi connectivity index (χ1n) is 10.8. The normalized spacial score (nSPS) is 10.6. The fourth-order valence-electron chi connectivity index (χ4n) is 3.57. The van der Waals surface area contributed by atoms with E-state index >= 15 is 0 Å². The van der Waals surface area contributed by atoms with E-state index < -0.39 is 17.8 Å². The summed E-state index contributed by atoms with van der Waals surface area (Å²) in [6.07, 6.45) is 1.64. The molecule has 8 nitrogen and oxygen atoms in total. The molecule has 9 heteroatoms. The van der Waals surface area contributed by atoms with Gasteiger partial charge in [-0.2, -0.15) is 5.10 Å². The lowest BCUT2D eigenvalue weighted by atomic mass is 10.1. The van der Waals surface area contributed by atoms with Crippen molar-refractivity contribution in [1.29, 1.82) is 0 Å². The molecule has 2 aromatic carbocycles. The number of hydrogen-bond acceptors (Lipinski definition) is 7. The highest BCUT2D eigenvalue weighted by Gasteiger charge is 2.28. The number of hydrogen-bond donors (Lipinski definition) is 1. The van der Waals surface area contributed by atoms with Crippen LogP contribution in [0.3, 0.4) is 0 Å². The van der Waals surface area contributed by atoms with Crippen molar-refractivity contribution < 1.29 is 23.9 Å². The van der Waals surface area contributed by atoms with Crippen molar-refractivity contribution in [2.75, 3.05) is 19.0 Å². The van der Waals surface area contributed by atoms with Crippen LogP contribution in [-0.2, 0) is 9.47 Å². The molecular weight excluding hydrogens is 466 g/mol. The van der Waals surface area contributed by atoms with Crippen LogP contribution in [0.25, 0.3) is 16.9 Å². The Hall–Kier alpha value is -4.24. The number of esters is 2. The summed E-state index contributed by atoms with van der Waals surface area (Å²) >= 11 is 0.971. The molecule has 0 aliphatic carbocycles. The van der Waals surface area contributed by atoms with Gasteiger partial charge in [-0.25, -0.2) is 14.3 Å². The number of anilines is 1. The van der Waals surface area contributed by atoms with Crippen LogP contribution in [0.2, 0.25) is 0 Å². The van der Waals surface area contributed by atoms with Gasteiger partial charge in [-0.15, -0.1) is 11.3 Å². The maximum atomic E-state index is 13.5. The number of amides is 1. The van der Waals surface area contributed by atoms with Crippen LogP contribution in [0.15, 0.2) is 66.9 Å². The number of rotatable bonds is 7. The fraction of sp³-hybridized carbons (Fsp3) is 0.154. The van der Waals surface area contributed by atoms with Crippen molar-refractivity contribution >= 4 is 34.2 Å². The smallest absolute Gasteiger partial charge is 0.348 e. The number of carbonyl (C=O) groups is 3. The van der Waals surface area contributed by atoms with E-state index in [4.69, 9.17) is 9.47 Å². The van der Waals surface area contributed by atoms with E-state index in [-0.39, 0.29) is 22.0 Å². The van der Waals surface area contributed by atoms with Crippen LogP contribution in [0.4, 0.5) is 5.00 Å². The van der Waals surface area contributed by atoms with Gasteiger partial charge in [0, 0.05) is 11.8 Å². The molecule has 0 fully saturated rings. The predicted molar refractivity (Wildman–Crippen MR) is 133 cm³/mol. The Labute approximate surface area is 206 Å². The van der Waals surface area contributed by atoms with E-state index in [2.05, 4.69) is 10.4 Å². The van der Waals surface area contributed by atoms with Crippen molar-refractivity contribution in [3.8, 4) is 16.9 Å². The van der Waals surface area contributed by atoms with Gasteiger partial charge in [0.25, 0.3) is 5.91 Å². The van der Waals surface area contributed by atoms with Crippen molar-refractivity contribution in [3.63, 3.8) is 0 Å². The van der Waals surface area contributed by atoms with Crippen LogP contribution < -0.4 is 5.32 Å². The molecule has 1 N–H and O–H groups in total. The number of benzene rings is 2. The molecule has 0 atom stereocenters. The third-order valence-corrected chi connectivity index (χ3v) is 6.44. The number of thiophene rings is 1. The Kier molecular flexibility index (Phi) is 7.07. The lowest BCUT2D eigenvalue weighted by Gasteiger charge is -2.06. The Morgan fingerprint density at radius 3 is 2.29 bits per heavy atom. The highest BCUT2D eigenvalue weighted by Crippen LogP contribution is 2.35. The van der Waals surface area contributed by atoms with Crippen LogP contribution >= 0.6 is 11.3 Å². The van der Waals surface area contributed by atoms with Crippen molar-refractivity contribution in [2.24, 2.45) is 0 Å². The molecule has 0 spiro atoms. The summed E-state index contributed by atoms with van der Waals surface area (Å²) in [4.78, 5) is 38.6. The molecule has 1 amide bonds. The molecule has 0 aliphatic rings. The number of ether oxygens (including phenoxy) is 2. The van der Waals surface area contributed by atoms with Crippen LogP contribution in [0, 0.1) is 6.92 Å². The SMILES string of the molecule is CCOC(=O)c1sc(NC(=O)c2cn(-c3ccccc3)nc2-c2ccccc2)c(C(=O)OC)c1C. The highest BCUT2D eigenvalue weighted by molar-refractivity contribution is 7.18. The van der Waals surface area contributed by atoms with Crippen molar-refractivity contribution in [3.05, 3.63) is 88.4 Å². The summed E-state index contributed by atoms with van der Waals surface area (Å²) in [6, 6.07) is 18.8. The predicted octanol–water partition coefficient (Wildman–Crippen LogP) is 5.12. The monoisotopic (exact) mass is 489 g/mol. The molecule has 0 aliphatic heterocycles. The minimum atomic E-state index is -0.659. The quantitative estimate of drug-likeness (QED) is 0.362. The Morgan fingerprint density at radius 1 is 1.00 bits per heavy atom. The Bertz CT molecular complexity index is 1380. The molecule has 4 aromatic rings. The zero-order valence-electron chi connectivity index (χ0n) is 19.4. The molecule has 0 unspecified atom stereocenters. The number of nitrogens with one attached hydrogen (secondary N) is 1. The average molecular weight is 490 g/mol. The summed E-state index contributed by atoms with van der Waals surface area (Å²) < 4.78 is 11.6. The molecule has 0 radical (unpaired) electrons. The molecule has 0 saturated carbocycles. The third kappa shape index (κ3) is 4.85. The lowest BCUT2D eigenvalue weighted by Crippen LogP contribution is -2.14. The van der Waals surface area contributed by atoms with E-state index in [0.29, 0.717) is 16.8 Å². The van der Waals surface area contributed by atoms with E-state index in [1.807, 2.05) is 60.7 Å². The van der Waals surface area contributed by atoms with Gasteiger partial charge < -0.3 is 14.8 Å². The second-order valence-corrected chi connectivity index (χ2v) is 8.48. The molecule has 2 aromatic heterocycles. The molecule has 35 heavy (non-hydrogen) atoms. The largest absolute Gasteiger partial charge is 0.465 e. The first-order chi connectivity index (χ1) is 16.9. The summed E-state index contributed by atoms with van der Waals surface area (Å²) in [5.74, 6) is -1.71. The van der Waals surface area contributed by atoms with Gasteiger partial charge in [0.2, 0.25) is 0 Å². The second-order valence-electron chi connectivity index (χ2n) is 7.46. The average Bonchev–Trinajstić information content (AvgIpc) is 3.47. The minimum Gasteiger partial charge on any atom is -0.465 e. The van der Waals surface area contributed by atoms with Gasteiger partial charge in [-0.05, 0) is 31.5 Å². The number of para-hydroxylation sites is 1. The summed E-state index contributed by atoms with van der Waals surface area (Å²) in [5.41, 5.74) is 2.83. The van der Waals surface area contributed by atoms with Gasteiger partial charge in [-0.1, -0.05) is 48.5 Å². The minimum absolute atomic E-state index is 0.116. The number of aromatic nitrogens is 2. The summed E-state index contributed by atoms with van der Waals surface area (Å²) in [7, 11) is 1.24. The Morgan fingerprint density at radius 2 is 1.66 bits per heavy atom. The van der Waals surface area contributed by atoms with Crippen LogP contribution in [-0.4, -0.2) is 41.3 Å². The van der Waals surface area contributed by atoms with Gasteiger partial charge >= 0.3 is 11.9 Å². The van der Waals surface area contributed by atoms with Crippen molar-refractivity contribution in [2.45, 2.75) is 13.8 Å². The van der Waals surface area contributed by atoms with Crippen LogP contribution in [0.5, 0.6) is 0 Å². The van der Waals surface area contributed by atoms with E-state index in [1.165, 1.54) is 7.11 Å². The van der Waals surface area contributed by atoms with E-state index in [0.717, 1.165) is 22.6 Å². The second kappa shape index (κ2) is 10.4. The maximum absolute atomic E-state index is 13.5. The zero-order chi connectivity index (χ0) is 24.9. The molecule has 178 valence electrons. The van der Waals surface area contributed by atoms with E-state index in [9.17, 15) is 14.4 Å². The lowest BCUT2D eigenvalue weighted by molar-refractivity contribution is 0.0531. The first-order valence-corrected chi connectivity index (χ1v) is 11.7. The van der Waals surface area contributed by atoms with Crippen LogP contribution in [0.1, 0.15) is 42.9 Å². The summed E-state index contributed by atoms with van der Waals surface area (Å²) in [5, 5.41) is 7.65. The number of nitrogens with zero attached hydrogens (tertiary/aromatic N) is 2. The van der Waals surface area contributed by atoms with Gasteiger partial charge in [-0.3, -0.25) is 4.79 Å². The van der Waals surface area contributed by atoms with Gasteiger partial charge in [0.15, 0.2) is 0 Å². The zero-order valence-corrected chi connectivity index (χ0v) is 20.2. The van der Waals surface area contributed by atoms with E-state index in [1.54, 1.807) is 24.7 Å². The molecule has 2 heterocycles. The molecule has 0 bridgehead atoms. The summed E-state index contributed by atoms with van der Waals surface area (Å²) in [6.45, 7) is 3.50. The fourth-order valence-corrected chi connectivity index (χ4v) is 4.66. The van der Waals surface area contributed by atoms with Crippen molar-refractivity contribution in [1.82, 2.24) is 9.78 Å². The first kappa shape index (κ1) is 23.9. The maximum Gasteiger partial charge on any atom is 0.348 e. The third-order valence-electron chi connectivity index (χ3n) is 5.25. The van der Waals surface area contributed by atoms with Gasteiger partial charge in [0.1, 0.15) is 15.6 Å². The number of carbonyl (C=O) groups excluding carboxylic acids is 3. The topological polar surface area (TPSA) is 99.5 Å². The molecular formula is C26H23N3O5S. The molecule has 0 saturated heterocycles. The highest BCUT2D eigenvalue weighted by atomic mass is 32.1. The molecule has 4 rings (SSSR count). The number of methoxy groups -OCH3 is 1. The Balaban J connectivity index is 1.77.